The van der Waals surface area contributed by atoms with Gasteiger partial charge >= 0.3 is 0 Å². The first kappa shape index (κ1) is 10.4. The highest BCUT2D eigenvalue weighted by molar-refractivity contribution is 5.41. The van der Waals surface area contributed by atoms with Crippen molar-refractivity contribution in [2.75, 3.05) is 24.5 Å². The van der Waals surface area contributed by atoms with Gasteiger partial charge in [-0.15, -0.1) is 0 Å². The van der Waals surface area contributed by atoms with Gasteiger partial charge in [-0.25, -0.2) is 4.98 Å². The van der Waals surface area contributed by atoms with E-state index in [2.05, 4.69) is 35.1 Å². The maximum atomic E-state index is 4.43. The first-order valence-electron chi connectivity index (χ1n) is 5.70. The molecule has 1 aliphatic heterocycles. The first-order chi connectivity index (χ1) is 7.29. The third kappa shape index (κ3) is 2.48. The molecule has 1 saturated heterocycles. The predicted molar refractivity (Wildman–Crippen MR) is 63.3 cm³/mol. The molecule has 3 heteroatoms. The highest BCUT2D eigenvalue weighted by Crippen LogP contribution is 2.14. The van der Waals surface area contributed by atoms with Gasteiger partial charge < -0.3 is 10.2 Å². The van der Waals surface area contributed by atoms with Crippen molar-refractivity contribution in [2.24, 2.45) is 0 Å². The van der Waals surface area contributed by atoms with Crippen molar-refractivity contribution in [3.05, 3.63) is 23.9 Å². The summed E-state index contributed by atoms with van der Waals surface area (Å²) < 4.78 is 0. The molecular formula is C12H19N3. The molecule has 0 bridgehead atoms. The Morgan fingerprint density at radius 3 is 3.20 bits per heavy atom. The van der Waals surface area contributed by atoms with Crippen LogP contribution >= 0.6 is 0 Å². The SMILES string of the molecule is CCC1CN(c2cc(C)ccn2)CCN1. The highest BCUT2D eigenvalue weighted by Gasteiger charge is 2.18. The van der Waals surface area contributed by atoms with Crippen LogP contribution in [0.2, 0.25) is 0 Å². The van der Waals surface area contributed by atoms with Crippen LogP contribution in [0, 0.1) is 6.92 Å². The molecule has 0 amide bonds. The van der Waals surface area contributed by atoms with Gasteiger partial charge in [0, 0.05) is 31.9 Å². The Hall–Kier alpha value is -1.09. The normalized spacial score (nSPS) is 21.7. The monoisotopic (exact) mass is 205 g/mol. The van der Waals surface area contributed by atoms with Crippen LogP contribution in [-0.2, 0) is 0 Å². The van der Waals surface area contributed by atoms with Gasteiger partial charge in [0.15, 0.2) is 0 Å². The zero-order chi connectivity index (χ0) is 10.7. The van der Waals surface area contributed by atoms with E-state index in [0.29, 0.717) is 6.04 Å². The second kappa shape index (κ2) is 4.62. The molecule has 0 saturated carbocycles. The number of hydrogen-bond donors (Lipinski definition) is 1. The Labute approximate surface area is 91.5 Å². The van der Waals surface area contributed by atoms with E-state index in [1.54, 1.807) is 0 Å². The average molecular weight is 205 g/mol. The number of hydrogen-bond acceptors (Lipinski definition) is 3. The molecule has 0 radical (unpaired) electrons. The summed E-state index contributed by atoms with van der Waals surface area (Å²) in [6, 6.07) is 4.82. The van der Waals surface area contributed by atoms with Gasteiger partial charge in [-0.2, -0.15) is 0 Å². The van der Waals surface area contributed by atoms with Crippen LogP contribution in [0.15, 0.2) is 18.3 Å². The molecule has 1 aromatic heterocycles. The predicted octanol–water partition coefficient (Wildman–Crippen LogP) is 1.58. The molecule has 82 valence electrons. The van der Waals surface area contributed by atoms with Gasteiger partial charge in [-0.05, 0) is 31.0 Å². The molecular weight excluding hydrogens is 186 g/mol. The van der Waals surface area contributed by atoms with Crippen LogP contribution in [0.25, 0.3) is 0 Å². The number of nitrogens with one attached hydrogen (secondary N) is 1. The summed E-state index contributed by atoms with van der Waals surface area (Å²) in [5.74, 6) is 1.12. The lowest BCUT2D eigenvalue weighted by Gasteiger charge is -2.34. The summed E-state index contributed by atoms with van der Waals surface area (Å²) in [4.78, 5) is 6.80. The second-order valence-corrected chi connectivity index (χ2v) is 4.20. The largest absolute Gasteiger partial charge is 0.354 e. The lowest BCUT2D eigenvalue weighted by molar-refractivity contribution is 0.445. The van der Waals surface area contributed by atoms with Crippen LogP contribution in [0.1, 0.15) is 18.9 Å². The molecule has 1 atom stereocenters. The van der Waals surface area contributed by atoms with E-state index in [1.165, 1.54) is 12.0 Å². The number of nitrogens with zero attached hydrogens (tertiary/aromatic N) is 2. The van der Waals surface area contributed by atoms with Crippen molar-refractivity contribution in [1.29, 1.82) is 0 Å². The topological polar surface area (TPSA) is 28.2 Å². The van der Waals surface area contributed by atoms with E-state index in [4.69, 9.17) is 0 Å². The Morgan fingerprint density at radius 1 is 1.60 bits per heavy atom. The van der Waals surface area contributed by atoms with Gasteiger partial charge in [0.05, 0.1) is 0 Å². The fourth-order valence-corrected chi connectivity index (χ4v) is 2.00. The molecule has 1 unspecified atom stereocenters. The molecule has 0 spiro atoms. The zero-order valence-electron chi connectivity index (χ0n) is 9.53. The minimum Gasteiger partial charge on any atom is -0.354 e. The summed E-state index contributed by atoms with van der Waals surface area (Å²) in [7, 11) is 0. The minimum atomic E-state index is 0.612. The number of anilines is 1. The lowest BCUT2D eigenvalue weighted by atomic mass is 10.1. The third-order valence-electron chi connectivity index (χ3n) is 2.97. The molecule has 1 fully saturated rings. The second-order valence-electron chi connectivity index (χ2n) is 4.20. The minimum absolute atomic E-state index is 0.612. The molecule has 15 heavy (non-hydrogen) atoms. The summed E-state index contributed by atoms with van der Waals surface area (Å²) in [5.41, 5.74) is 1.28. The maximum Gasteiger partial charge on any atom is 0.128 e. The highest BCUT2D eigenvalue weighted by atomic mass is 15.2. The standard InChI is InChI=1S/C12H19N3/c1-3-11-9-15(7-6-13-11)12-8-10(2)4-5-14-12/h4-5,8,11,13H,3,6-7,9H2,1-2H3. The van der Waals surface area contributed by atoms with Crippen LogP contribution < -0.4 is 10.2 Å². The summed E-state index contributed by atoms with van der Waals surface area (Å²) in [6.45, 7) is 7.55. The van der Waals surface area contributed by atoms with Crippen molar-refractivity contribution in [3.63, 3.8) is 0 Å². The van der Waals surface area contributed by atoms with Crippen LogP contribution in [0.3, 0.4) is 0 Å². The number of rotatable bonds is 2. The van der Waals surface area contributed by atoms with Gasteiger partial charge in [-0.3, -0.25) is 0 Å². The molecule has 2 rings (SSSR count). The number of aryl methyl sites for hydroxylation is 1. The molecule has 0 aliphatic carbocycles. The molecule has 1 aliphatic rings. The quantitative estimate of drug-likeness (QED) is 0.794. The van der Waals surface area contributed by atoms with E-state index >= 15 is 0 Å². The zero-order valence-corrected chi connectivity index (χ0v) is 9.53. The summed E-state index contributed by atoms with van der Waals surface area (Å²) in [5, 5.41) is 3.51. The molecule has 0 aromatic carbocycles. The summed E-state index contributed by atoms with van der Waals surface area (Å²) >= 11 is 0. The van der Waals surface area contributed by atoms with Gasteiger partial charge in [-0.1, -0.05) is 6.92 Å². The summed E-state index contributed by atoms with van der Waals surface area (Å²) in [6.07, 6.45) is 3.08. The van der Waals surface area contributed by atoms with Crippen LogP contribution in [0.5, 0.6) is 0 Å². The van der Waals surface area contributed by atoms with E-state index in [1.807, 2.05) is 12.3 Å². The van der Waals surface area contributed by atoms with Gasteiger partial charge in [0.2, 0.25) is 0 Å². The lowest BCUT2D eigenvalue weighted by Crippen LogP contribution is -2.50. The molecule has 1 N–H and O–H groups in total. The number of aromatic nitrogens is 1. The average Bonchev–Trinajstić information content (AvgIpc) is 2.29. The van der Waals surface area contributed by atoms with E-state index in [-0.39, 0.29) is 0 Å². The van der Waals surface area contributed by atoms with Crippen molar-refractivity contribution in [1.82, 2.24) is 10.3 Å². The van der Waals surface area contributed by atoms with Gasteiger partial charge in [0.1, 0.15) is 5.82 Å². The number of pyridine rings is 1. The van der Waals surface area contributed by atoms with Crippen molar-refractivity contribution < 1.29 is 0 Å². The van der Waals surface area contributed by atoms with E-state index in [0.717, 1.165) is 25.5 Å². The Kier molecular flexibility index (Phi) is 3.21. The molecule has 3 nitrogen and oxygen atoms in total. The van der Waals surface area contributed by atoms with Crippen molar-refractivity contribution >= 4 is 5.82 Å². The number of piperazine rings is 1. The van der Waals surface area contributed by atoms with Crippen molar-refractivity contribution in [2.45, 2.75) is 26.3 Å². The fourth-order valence-electron chi connectivity index (χ4n) is 2.00. The third-order valence-corrected chi connectivity index (χ3v) is 2.97. The Morgan fingerprint density at radius 2 is 2.47 bits per heavy atom. The van der Waals surface area contributed by atoms with E-state index in [9.17, 15) is 0 Å². The maximum absolute atomic E-state index is 4.43. The first-order valence-corrected chi connectivity index (χ1v) is 5.70. The van der Waals surface area contributed by atoms with Crippen LogP contribution in [0.4, 0.5) is 5.82 Å². The molecule has 1 aromatic rings. The Bertz CT molecular complexity index is 324. The van der Waals surface area contributed by atoms with Crippen LogP contribution in [-0.4, -0.2) is 30.7 Å². The van der Waals surface area contributed by atoms with Gasteiger partial charge in [0.25, 0.3) is 0 Å². The molecule has 2 heterocycles. The Balaban J connectivity index is 2.09. The van der Waals surface area contributed by atoms with E-state index < -0.39 is 0 Å². The fraction of sp³-hybridized carbons (Fsp3) is 0.583. The van der Waals surface area contributed by atoms with Crippen molar-refractivity contribution in [3.8, 4) is 0 Å². The smallest absolute Gasteiger partial charge is 0.128 e.